The smallest absolute Gasteiger partial charge is 0.430 e. The van der Waals surface area contributed by atoms with E-state index in [4.69, 9.17) is 9.47 Å². The van der Waals surface area contributed by atoms with E-state index < -0.39 is 0 Å². The standard InChI is InChI=1S/C21H25N3O3.2ClH.Zn/c1-3-5-12-26-19-15-18(24-22)20(27-13-6-4-2)14-17(19)23-21(25)16-10-8-7-9-11-16;;;/h7-11,14-15H,3-6,12-13H2,1-2H3;2*1H;/p-1. The van der Waals surface area contributed by atoms with Crippen LogP contribution in [0.25, 0.3) is 4.98 Å². The second kappa shape index (κ2) is 16.9. The zero-order valence-electron chi connectivity index (χ0n) is 17.4. The summed E-state index contributed by atoms with van der Waals surface area (Å²) in [5, 5.41) is 12.2. The Balaban J connectivity index is 0. The number of diazo groups is 1. The molecule has 0 heterocycles. The number of hydrogen-bond acceptors (Lipinski definition) is 4. The molecule has 0 bridgehead atoms. The van der Waals surface area contributed by atoms with Crippen molar-refractivity contribution >= 4 is 17.3 Å². The van der Waals surface area contributed by atoms with Gasteiger partial charge in [-0.3, -0.25) is 4.79 Å². The summed E-state index contributed by atoms with van der Waals surface area (Å²) in [4.78, 5) is 15.8. The van der Waals surface area contributed by atoms with Crippen molar-refractivity contribution < 1.29 is 58.6 Å². The number of ether oxygens (including phenoxy) is 2. The van der Waals surface area contributed by atoms with Gasteiger partial charge in [0.2, 0.25) is 11.1 Å². The normalized spacial score (nSPS) is 9.10. The number of unbranched alkanes of at least 4 members (excludes halogenated alkanes) is 2. The van der Waals surface area contributed by atoms with Crippen LogP contribution < -0.4 is 39.6 Å². The molecule has 2 aromatic carbocycles. The Morgan fingerprint density at radius 2 is 1.53 bits per heavy atom. The predicted octanol–water partition coefficient (Wildman–Crippen LogP) is -0.213. The van der Waals surface area contributed by atoms with Crippen molar-refractivity contribution in [3.05, 3.63) is 53.0 Å². The van der Waals surface area contributed by atoms with Gasteiger partial charge < -0.3 is 39.6 Å². The summed E-state index contributed by atoms with van der Waals surface area (Å²) in [6.45, 7) is 5.14. The van der Waals surface area contributed by atoms with Crippen molar-refractivity contribution in [2.45, 2.75) is 39.5 Å². The minimum absolute atomic E-state index is 0. The van der Waals surface area contributed by atoms with Crippen LogP contribution in [0.5, 0.6) is 11.5 Å². The van der Waals surface area contributed by atoms with Crippen LogP contribution in [0.3, 0.4) is 0 Å². The summed E-state index contributed by atoms with van der Waals surface area (Å²) in [5.74, 6) is 0.602. The van der Waals surface area contributed by atoms with Gasteiger partial charge in [-0.25, -0.2) is 0 Å². The molecule has 0 saturated heterocycles. The van der Waals surface area contributed by atoms with E-state index in [0.717, 1.165) is 25.7 Å². The summed E-state index contributed by atoms with van der Waals surface area (Å²) in [6, 6.07) is 12.2. The van der Waals surface area contributed by atoms with E-state index in [1.165, 1.54) is 0 Å². The average Bonchev–Trinajstić information content (AvgIpc) is 2.70. The Morgan fingerprint density at radius 1 is 0.967 bits per heavy atom. The monoisotopic (exact) mass is 502 g/mol. The van der Waals surface area contributed by atoms with Crippen molar-refractivity contribution in [1.82, 2.24) is 0 Å². The third kappa shape index (κ3) is 9.30. The Kier molecular flexibility index (Phi) is 17.1. The van der Waals surface area contributed by atoms with Crippen LogP contribution in [-0.4, -0.2) is 19.1 Å². The van der Waals surface area contributed by atoms with Gasteiger partial charge in [0.1, 0.15) is 0 Å². The molecule has 6 nitrogen and oxygen atoms in total. The number of nitrogens with zero attached hydrogens (tertiary/aromatic N) is 2. The average molecular weight is 505 g/mol. The maximum absolute atomic E-state index is 12.5. The Morgan fingerprint density at radius 3 is 2.07 bits per heavy atom. The molecule has 0 saturated carbocycles. The number of nitrogens with one attached hydrogen (secondary N) is 1. The van der Waals surface area contributed by atoms with Crippen LogP contribution >= 0.6 is 0 Å². The van der Waals surface area contributed by atoms with Crippen molar-refractivity contribution in [2.24, 2.45) is 0 Å². The molecular formula is C21H26Cl2N3O3Zn-. The molecule has 0 unspecified atom stereocenters. The number of carbonyl (C=O) groups excluding carboxylic acids is 1. The summed E-state index contributed by atoms with van der Waals surface area (Å²) in [7, 11) is 0. The molecule has 0 aliphatic carbocycles. The number of hydrogen-bond donors (Lipinski definition) is 1. The van der Waals surface area contributed by atoms with Gasteiger partial charge in [0, 0.05) is 31.1 Å². The minimum Gasteiger partial charge on any atom is -1.00 e. The van der Waals surface area contributed by atoms with Crippen LogP contribution in [0.4, 0.5) is 11.4 Å². The first kappa shape index (κ1) is 30.3. The fraction of sp³-hybridized carbons (Fsp3) is 0.381. The molecule has 2 aromatic rings. The van der Waals surface area contributed by atoms with E-state index in [9.17, 15) is 10.2 Å². The number of halogens is 2. The van der Waals surface area contributed by atoms with E-state index in [2.05, 4.69) is 24.1 Å². The van der Waals surface area contributed by atoms with Crippen LogP contribution in [0.15, 0.2) is 42.5 Å². The second-order valence-electron chi connectivity index (χ2n) is 6.14. The van der Waals surface area contributed by atoms with Crippen molar-refractivity contribution in [1.29, 1.82) is 5.39 Å². The van der Waals surface area contributed by atoms with E-state index in [1.807, 2.05) is 6.07 Å². The Bertz CT molecular complexity index is 802. The van der Waals surface area contributed by atoms with E-state index in [1.54, 1.807) is 36.4 Å². The molecular weight excluding hydrogens is 479 g/mol. The maximum Gasteiger partial charge on any atom is 0.430 e. The SMILES string of the molecule is CCCCOc1cc(NC(=O)c2ccccc2)c(OCCCC)cc1[N+]#N.[Cl-].[Cl-].[Zn]. The summed E-state index contributed by atoms with van der Waals surface area (Å²) in [6.07, 6.45) is 3.74. The molecule has 9 heteroatoms. The third-order valence-corrected chi connectivity index (χ3v) is 3.96. The van der Waals surface area contributed by atoms with Crippen LogP contribution in [0, 0.1) is 5.39 Å². The first-order chi connectivity index (χ1) is 13.2. The fourth-order valence-corrected chi connectivity index (χ4v) is 2.40. The van der Waals surface area contributed by atoms with E-state index in [0.29, 0.717) is 36.0 Å². The second-order valence-corrected chi connectivity index (χ2v) is 6.14. The van der Waals surface area contributed by atoms with Gasteiger partial charge in [-0.1, -0.05) is 44.9 Å². The molecule has 0 radical (unpaired) electrons. The quantitative estimate of drug-likeness (QED) is 0.276. The van der Waals surface area contributed by atoms with Crippen molar-refractivity contribution in [3.8, 4) is 11.5 Å². The van der Waals surface area contributed by atoms with Gasteiger partial charge in [0.05, 0.1) is 25.0 Å². The molecule has 2 rings (SSSR count). The molecule has 30 heavy (non-hydrogen) atoms. The van der Waals surface area contributed by atoms with Crippen molar-refractivity contribution in [2.75, 3.05) is 18.5 Å². The van der Waals surface area contributed by atoms with E-state index in [-0.39, 0.29) is 55.9 Å². The van der Waals surface area contributed by atoms with Crippen LogP contribution in [0.2, 0.25) is 0 Å². The zero-order valence-corrected chi connectivity index (χ0v) is 21.8. The van der Waals surface area contributed by atoms with Gasteiger partial charge in [-0.15, -0.1) is 0 Å². The van der Waals surface area contributed by atoms with Gasteiger partial charge in [0.25, 0.3) is 5.91 Å². The number of benzene rings is 2. The van der Waals surface area contributed by atoms with Crippen molar-refractivity contribution in [3.63, 3.8) is 0 Å². The molecule has 1 N–H and O–H groups in total. The zero-order chi connectivity index (χ0) is 19.5. The minimum atomic E-state index is -0.246. The number of anilines is 1. The first-order valence-corrected chi connectivity index (χ1v) is 9.34. The van der Waals surface area contributed by atoms with Gasteiger partial charge in [-0.05, 0) is 25.0 Å². The van der Waals surface area contributed by atoms with Crippen LogP contribution in [-0.2, 0) is 19.5 Å². The molecule has 0 aliphatic heterocycles. The molecule has 0 aromatic heterocycles. The Labute approximate surface area is 203 Å². The first-order valence-electron chi connectivity index (χ1n) is 9.34. The van der Waals surface area contributed by atoms with Gasteiger partial charge in [0.15, 0.2) is 10.7 Å². The molecule has 1 amide bonds. The summed E-state index contributed by atoms with van der Waals surface area (Å²) >= 11 is 0. The molecule has 0 atom stereocenters. The molecule has 0 fully saturated rings. The predicted molar refractivity (Wildman–Crippen MR) is 106 cm³/mol. The Hall–Kier alpha value is -1.87. The topological polar surface area (TPSA) is 75.7 Å². The fourth-order valence-electron chi connectivity index (χ4n) is 2.40. The van der Waals surface area contributed by atoms with Gasteiger partial charge >= 0.3 is 5.69 Å². The number of rotatable bonds is 10. The summed E-state index contributed by atoms with van der Waals surface area (Å²) in [5.41, 5.74) is 1.30. The summed E-state index contributed by atoms with van der Waals surface area (Å²) < 4.78 is 11.5. The van der Waals surface area contributed by atoms with Gasteiger partial charge in [-0.2, -0.15) is 0 Å². The third-order valence-electron chi connectivity index (χ3n) is 3.96. The van der Waals surface area contributed by atoms with E-state index >= 15 is 0 Å². The largest absolute Gasteiger partial charge is 1.00 e. The molecule has 0 spiro atoms. The number of amides is 1. The van der Waals surface area contributed by atoms with Crippen LogP contribution in [0.1, 0.15) is 49.9 Å². The number of carbonyl (C=O) groups is 1. The maximum atomic E-state index is 12.5. The molecule has 160 valence electrons. The molecule has 0 aliphatic rings.